The summed E-state index contributed by atoms with van der Waals surface area (Å²) in [4.78, 5) is 4.59. The van der Waals surface area contributed by atoms with E-state index in [1.165, 1.54) is 0 Å². The van der Waals surface area contributed by atoms with Gasteiger partial charge in [-0.25, -0.2) is 9.19 Å². The van der Waals surface area contributed by atoms with Gasteiger partial charge >= 0.3 is 0 Å². The second kappa shape index (κ2) is 6.66. The molecule has 23 heavy (non-hydrogen) atoms. The summed E-state index contributed by atoms with van der Waals surface area (Å²) in [6, 6.07) is 15.1. The highest BCUT2D eigenvalue weighted by Crippen LogP contribution is 2.24. The maximum atomic E-state index is 10.9. The number of imidazole rings is 1. The summed E-state index contributed by atoms with van der Waals surface area (Å²) in [5.41, 5.74) is 3.65. The molecule has 1 unspecified atom stereocenters. The van der Waals surface area contributed by atoms with E-state index >= 15 is 0 Å². The van der Waals surface area contributed by atoms with E-state index in [0.29, 0.717) is 5.02 Å². The maximum absolute atomic E-state index is 10.9. The lowest BCUT2D eigenvalue weighted by molar-refractivity contribution is 0.563. The van der Waals surface area contributed by atoms with Crippen LogP contribution in [0.5, 0.6) is 0 Å². The third-order valence-corrected chi connectivity index (χ3v) is 4.27. The largest absolute Gasteiger partial charge is 0.306 e. The molecule has 0 spiro atoms. The Kier molecular flexibility index (Phi) is 4.61. The highest BCUT2D eigenvalue weighted by atomic mass is 35.5. The lowest BCUT2D eigenvalue weighted by Crippen LogP contribution is -1.98. The number of hydrogen-bond donors (Lipinski definition) is 1. The first kappa shape index (κ1) is 15.9. The fourth-order valence-electron chi connectivity index (χ4n) is 2.39. The van der Waals surface area contributed by atoms with Crippen molar-refractivity contribution >= 4 is 22.7 Å². The van der Waals surface area contributed by atoms with Crippen LogP contribution in [0, 0.1) is 6.92 Å². The normalized spacial score (nSPS) is 12.3. The van der Waals surface area contributed by atoms with Crippen molar-refractivity contribution in [3.8, 4) is 17.1 Å². The number of aryl methyl sites for hydroxylation is 1. The van der Waals surface area contributed by atoms with E-state index in [4.69, 9.17) is 16.2 Å². The summed E-state index contributed by atoms with van der Waals surface area (Å²) < 4.78 is 21.8. The van der Waals surface area contributed by atoms with Crippen molar-refractivity contribution < 1.29 is 8.76 Å². The first-order chi connectivity index (χ1) is 11.0. The van der Waals surface area contributed by atoms with Gasteiger partial charge in [0, 0.05) is 22.5 Å². The van der Waals surface area contributed by atoms with Crippen LogP contribution in [-0.2, 0) is 16.8 Å². The van der Waals surface area contributed by atoms with Crippen LogP contribution in [0.3, 0.4) is 0 Å². The van der Waals surface area contributed by atoms with Crippen molar-refractivity contribution in [2.24, 2.45) is 0 Å². The van der Waals surface area contributed by atoms with E-state index in [1.54, 1.807) is 0 Å². The van der Waals surface area contributed by atoms with Crippen molar-refractivity contribution in [1.29, 1.82) is 0 Å². The third kappa shape index (κ3) is 3.69. The molecule has 118 valence electrons. The summed E-state index contributed by atoms with van der Waals surface area (Å²) in [5.74, 6) is 0.963. The second-order valence-electron chi connectivity index (χ2n) is 5.22. The Morgan fingerprint density at radius 1 is 1.13 bits per heavy atom. The van der Waals surface area contributed by atoms with Gasteiger partial charge in [0.15, 0.2) is 11.1 Å². The molecule has 0 radical (unpaired) electrons. The molecule has 0 aliphatic heterocycles. The number of aromatic nitrogens is 2. The van der Waals surface area contributed by atoms with Crippen LogP contribution < -0.4 is 0 Å². The molecule has 3 aromatic rings. The molecule has 0 amide bonds. The first-order valence-electron chi connectivity index (χ1n) is 7.01. The molecular formula is C17H15ClN2O2S. The highest BCUT2D eigenvalue weighted by molar-refractivity contribution is 7.78. The molecule has 1 N–H and O–H groups in total. The Hall–Kier alpha value is -1.95. The zero-order valence-electron chi connectivity index (χ0n) is 12.4. The van der Waals surface area contributed by atoms with E-state index in [1.807, 2.05) is 66.2 Å². The van der Waals surface area contributed by atoms with Crippen molar-refractivity contribution in [2.75, 3.05) is 0 Å². The Morgan fingerprint density at radius 3 is 2.39 bits per heavy atom. The van der Waals surface area contributed by atoms with Crippen molar-refractivity contribution in [3.05, 3.63) is 71.0 Å². The smallest absolute Gasteiger partial charge is 0.157 e. The van der Waals surface area contributed by atoms with Gasteiger partial charge < -0.3 is 4.55 Å². The molecule has 0 bridgehead atoms. The fraction of sp³-hybridized carbons (Fsp3) is 0.118. The summed E-state index contributed by atoms with van der Waals surface area (Å²) >= 11 is 4.12. The molecule has 0 aliphatic carbocycles. The minimum Gasteiger partial charge on any atom is -0.306 e. The Bertz CT molecular complexity index is 842. The summed E-state index contributed by atoms with van der Waals surface area (Å²) in [7, 11) is 0. The van der Waals surface area contributed by atoms with Crippen LogP contribution in [-0.4, -0.2) is 18.3 Å². The van der Waals surface area contributed by atoms with Crippen molar-refractivity contribution in [1.82, 2.24) is 9.55 Å². The number of rotatable bonds is 4. The van der Waals surface area contributed by atoms with Crippen molar-refractivity contribution in [2.45, 2.75) is 12.7 Å². The fourth-order valence-corrected chi connectivity index (χ4v) is 3.00. The van der Waals surface area contributed by atoms with E-state index in [2.05, 4.69) is 4.98 Å². The topological polar surface area (TPSA) is 55.1 Å². The first-order valence-corrected chi connectivity index (χ1v) is 8.67. The lowest BCUT2D eigenvalue weighted by Gasteiger charge is -2.09. The van der Waals surface area contributed by atoms with Gasteiger partial charge in [-0.15, -0.1) is 0 Å². The predicted octanol–water partition coefficient (Wildman–Crippen LogP) is 4.22. The quantitative estimate of drug-likeness (QED) is 0.719. The molecular weight excluding hydrogens is 332 g/mol. The molecule has 4 nitrogen and oxygen atoms in total. The number of benzene rings is 2. The molecule has 0 fully saturated rings. The average Bonchev–Trinajstić information content (AvgIpc) is 2.90. The number of hydrogen-bond acceptors (Lipinski definition) is 2. The van der Waals surface area contributed by atoms with Gasteiger partial charge in [-0.2, -0.15) is 0 Å². The van der Waals surface area contributed by atoms with Gasteiger partial charge in [0.05, 0.1) is 11.4 Å². The van der Waals surface area contributed by atoms with Crippen LogP contribution in [0.1, 0.15) is 11.3 Å². The summed E-state index contributed by atoms with van der Waals surface area (Å²) in [6.07, 6.45) is 1.96. The van der Waals surface area contributed by atoms with E-state index in [-0.39, 0.29) is 5.75 Å². The third-order valence-electron chi connectivity index (χ3n) is 3.43. The van der Waals surface area contributed by atoms with Crippen LogP contribution in [0.15, 0.2) is 54.7 Å². The average molecular weight is 347 g/mol. The molecule has 6 heteroatoms. The molecule has 3 rings (SSSR count). The zero-order chi connectivity index (χ0) is 16.4. The maximum Gasteiger partial charge on any atom is 0.157 e. The second-order valence-corrected chi connectivity index (χ2v) is 6.58. The number of nitrogens with zero attached hydrogens (tertiary/aromatic N) is 2. The summed E-state index contributed by atoms with van der Waals surface area (Å²) in [6.45, 7) is 1.94. The molecule has 0 aliphatic rings. The zero-order valence-corrected chi connectivity index (χ0v) is 14.0. The molecule has 1 heterocycles. The monoisotopic (exact) mass is 346 g/mol. The van der Waals surface area contributed by atoms with Gasteiger partial charge in [0.2, 0.25) is 0 Å². The van der Waals surface area contributed by atoms with E-state index in [0.717, 1.165) is 28.3 Å². The Labute approximate surface area is 142 Å². The van der Waals surface area contributed by atoms with Gasteiger partial charge in [0.25, 0.3) is 0 Å². The molecule has 1 atom stereocenters. The van der Waals surface area contributed by atoms with Crippen LogP contribution in [0.25, 0.3) is 17.1 Å². The molecule has 1 aromatic heterocycles. The van der Waals surface area contributed by atoms with Gasteiger partial charge in [-0.1, -0.05) is 23.7 Å². The van der Waals surface area contributed by atoms with Crippen LogP contribution in [0.4, 0.5) is 0 Å². The van der Waals surface area contributed by atoms with Gasteiger partial charge in [0.1, 0.15) is 5.82 Å². The van der Waals surface area contributed by atoms with Gasteiger partial charge in [-0.3, -0.25) is 4.57 Å². The van der Waals surface area contributed by atoms with Crippen LogP contribution in [0.2, 0.25) is 5.02 Å². The molecule has 0 saturated heterocycles. The predicted molar refractivity (Wildman–Crippen MR) is 93.2 cm³/mol. The minimum atomic E-state index is -1.83. The lowest BCUT2D eigenvalue weighted by atomic mass is 10.2. The van der Waals surface area contributed by atoms with Crippen LogP contribution >= 0.6 is 11.6 Å². The standard InChI is InChI=1S/C17H15ClN2O2S/c1-12-10-20(16-8-2-13(3-9-16)11-23(21)22)17(19-12)14-4-6-15(18)7-5-14/h2-10H,11H2,1H3,(H,21,22). The molecule has 0 saturated carbocycles. The number of halogens is 1. The SMILES string of the molecule is Cc1cn(-c2ccc(CS(=O)O)cc2)c(-c2ccc(Cl)cc2)n1. The Morgan fingerprint density at radius 2 is 1.78 bits per heavy atom. The molecule has 2 aromatic carbocycles. The van der Waals surface area contributed by atoms with E-state index < -0.39 is 11.1 Å². The summed E-state index contributed by atoms with van der Waals surface area (Å²) in [5, 5.41) is 0.685. The van der Waals surface area contributed by atoms with E-state index in [9.17, 15) is 4.21 Å². The highest BCUT2D eigenvalue weighted by Gasteiger charge is 2.10. The van der Waals surface area contributed by atoms with Crippen molar-refractivity contribution in [3.63, 3.8) is 0 Å². The minimum absolute atomic E-state index is 0.132. The van der Waals surface area contributed by atoms with Gasteiger partial charge in [-0.05, 0) is 48.9 Å². The Balaban J connectivity index is 2.00.